The molecule has 41 heavy (non-hydrogen) atoms. The second kappa shape index (κ2) is 11.0. The number of amides is 1. The summed E-state index contributed by atoms with van der Waals surface area (Å²) < 4.78 is 19.8. The van der Waals surface area contributed by atoms with Crippen molar-refractivity contribution in [2.75, 3.05) is 51.8 Å². The summed E-state index contributed by atoms with van der Waals surface area (Å²) in [5.74, 6) is -0.985. The average Bonchev–Trinajstić information content (AvgIpc) is 3.59. The van der Waals surface area contributed by atoms with Crippen molar-refractivity contribution < 1.29 is 13.9 Å². The number of ether oxygens (including phenoxy) is 1. The first-order valence-electron chi connectivity index (χ1n) is 14.2. The van der Waals surface area contributed by atoms with Gasteiger partial charge in [0, 0.05) is 49.1 Å². The number of aryl methyl sites for hydroxylation is 1. The molecule has 1 aromatic carbocycles. The molecule has 6 rings (SSSR count). The number of rotatable bonds is 6. The summed E-state index contributed by atoms with van der Waals surface area (Å²) in [5.41, 5.74) is 11.9. The molecule has 1 unspecified atom stereocenters. The van der Waals surface area contributed by atoms with Gasteiger partial charge >= 0.3 is 6.01 Å². The molecule has 2 fully saturated rings. The Morgan fingerprint density at radius 2 is 2.05 bits per heavy atom. The van der Waals surface area contributed by atoms with Crippen molar-refractivity contribution in [1.82, 2.24) is 34.9 Å². The zero-order valence-electron chi connectivity index (χ0n) is 23.9. The fraction of sp³-hybridized carbons (Fsp3) is 0.517. The van der Waals surface area contributed by atoms with E-state index in [1.54, 1.807) is 0 Å². The molecule has 0 spiro atoms. The van der Waals surface area contributed by atoms with Crippen LogP contribution in [0.25, 0.3) is 10.9 Å². The minimum Gasteiger partial charge on any atom is -0.462 e. The van der Waals surface area contributed by atoms with Crippen LogP contribution in [0.3, 0.4) is 0 Å². The summed E-state index contributed by atoms with van der Waals surface area (Å²) in [6.07, 6.45) is 4.23. The topological polar surface area (TPSA) is 120 Å². The van der Waals surface area contributed by atoms with Crippen molar-refractivity contribution >= 4 is 22.6 Å². The quantitative estimate of drug-likeness (QED) is 0.435. The molecule has 0 radical (unpaired) electrons. The number of carbonyl (C=O) groups excluding carboxylic acids is 1. The molecule has 3 aromatic rings. The van der Waals surface area contributed by atoms with Gasteiger partial charge in [-0.15, -0.1) is 0 Å². The molecule has 3 atom stereocenters. The van der Waals surface area contributed by atoms with E-state index >= 15 is 0 Å². The summed E-state index contributed by atoms with van der Waals surface area (Å²) in [4.78, 5) is 30.1. The van der Waals surface area contributed by atoms with E-state index in [-0.39, 0.29) is 12.6 Å². The highest BCUT2D eigenvalue weighted by Gasteiger charge is 2.36. The lowest BCUT2D eigenvalue weighted by molar-refractivity contribution is -0.129. The second-order valence-corrected chi connectivity index (χ2v) is 11.5. The number of aromatic nitrogens is 4. The normalized spacial score (nSPS) is 23.7. The third-order valence-corrected chi connectivity index (χ3v) is 8.88. The molecule has 5 heterocycles. The maximum Gasteiger partial charge on any atom is 0.318 e. The smallest absolute Gasteiger partial charge is 0.318 e. The van der Waals surface area contributed by atoms with Crippen LogP contribution in [0.5, 0.6) is 6.01 Å². The number of hydrogen-bond acceptors (Lipinski definition) is 9. The number of benzene rings is 1. The summed E-state index contributed by atoms with van der Waals surface area (Å²) in [6.45, 7) is 8.37. The van der Waals surface area contributed by atoms with E-state index in [4.69, 9.17) is 20.4 Å². The van der Waals surface area contributed by atoms with Crippen molar-refractivity contribution in [2.45, 2.75) is 51.0 Å². The molecule has 0 aliphatic carbocycles. The number of nitrogens with zero attached hydrogens (tertiary/aromatic N) is 7. The second-order valence-electron chi connectivity index (χ2n) is 11.5. The highest BCUT2D eigenvalue weighted by Crippen LogP contribution is 2.40. The average molecular weight is 564 g/mol. The molecule has 2 aromatic heterocycles. The lowest BCUT2D eigenvalue weighted by Gasteiger charge is -2.42. The molecule has 2 saturated heterocycles. The van der Waals surface area contributed by atoms with Crippen LogP contribution >= 0.6 is 0 Å². The van der Waals surface area contributed by atoms with Gasteiger partial charge in [0.1, 0.15) is 12.4 Å². The summed E-state index contributed by atoms with van der Waals surface area (Å²) in [7, 11) is 4.23. The molecule has 0 bridgehead atoms. The van der Waals surface area contributed by atoms with E-state index < -0.39 is 17.9 Å². The molecule has 3 aliphatic rings. The van der Waals surface area contributed by atoms with Gasteiger partial charge in [0.15, 0.2) is 5.83 Å². The molecule has 3 N–H and O–H groups in total. The SMILES string of the molecule is C=C(F)C(=O)N1CCN(c2nc(OC[C@@H]3CCCN3C)nc3c2CN(C)C(c2c(C)ccc4[nH]ncc24)C3)[C@@H](N)C1. The van der Waals surface area contributed by atoms with Crippen molar-refractivity contribution in [3.05, 3.63) is 53.1 Å². The minimum absolute atomic E-state index is 0.0825. The molecule has 1 amide bonds. The number of aromatic amines is 1. The van der Waals surface area contributed by atoms with E-state index in [1.807, 2.05) is 11.1 Å². The van der Waals surface area contributed by atoms with Gasteiger partial charge in [0.2, 0.25) is 0 Å². The van der Waals surface area contributed by atoms with Crippen LogP contribution in [0.4, 0.5) is 10.2 Å². The number of nitrogens with two attached hydrogens (primary N) is 1. The Kier molecular flexibility index (Phi) is 7.39. The summed E-state index contributed by atoms with van der Waals surface area (Å²) >= 11 is 0. The fourth-order valence-corrected chi connectivity index (χ4v) is 6.53. The lowest BCUT2D eigenvalue weighted by atomic mass is 9.89. The molecule has 218 valence electrons. The largest absolute Gasteiger partial charge is 0.462 e. The number of likely N-dealkylation sites (tertiary alicyclic amines) is 1. The van der Waals surface area contributed by atoms with Crippen LogP contribution in [-0.2, 0) is 17.8 Å². The number of anilines is 1. The highest BCUT2D eigenvalue weighted by atomic mass is 19.1. The van der Waals surface area contributed by atoms with Crippen molar-refractivity contribution in [3.8, 4) is 6.01 Å². The minimum atomic E-state index is -0.978. The van der Waals surface area contributed by atoms with E-state index in [0.717, 1.165) is 41.5 Å². The molecule has 12 heteroatoms. The molecular weight excluding hydrogens is 525 g/mol. The van der Waals surface area contributed by atoms with E-state index in [9.17, 15) is 9.18 Å². The van der Waals surface area contributed by atoms with E-state index in [2.05, 4.69) is 59.7 Å². The van der Waals surface area contributed by atoms with Crippen LogP contribution < -0.4 is 15.4 Å². The number of piperazine rings is 1. The van der Waals surface area contributed by atoms with E-state index in [1.165, 1.54) is 16.0 Å². The molecule has 11 nitrogen and oxygen atoms in total. The molecular formula is C29H38FN9O2. The van der Waals surface area contributed by atoms with Crippen molar-refractivity contribution in [1.29, 1.82) is 0 Å². The van der Waals surface area contributed by atoms with Gasteiger partial charge < -0.3 is 25.2 Å². The zero-order valence-corrected chi connectivity index (χ0v) is 23.9. The maximum absolute atomic E-state index is 13.6. The summed E-state index contributed by atoms with van der Waals surface area (Å²) in [6, 6.07) is 4.93. The zero-order chi connectivity index (χ0) is 28.8. The Hall–Kier alpha value is -3.61. The molecule has 3 aliphatic heterocycles. The van der Waals surface area contributed by atoms with Crippen molar-refractivity contribution in [3.63, 3.8) is 0 Å². The fourth-order valence-electron chi connectivity index (χ4n) is 6.53. The van der Waals surface area contributed by atoms with Crippen LogP contribution in [0.2, 0.25) is 0 Å². The van der Waals surface area contributed by atoms with Gasteiger partial charge in [0.05, 0.1) is 30.1 Å². The van der Waals surface area contributed by atoms with Gasteiger partial charge in [-0.05, 0) is 57.6 Å². The first-order chi connectivity index (χ1) is 19.7. The first-order valence-corrected chi connectivity index (χ1v) is 14.2. The standard InChI is InChI=1S/C29H38FN9O2/c1-17-7-8-22-20(13-32-35-22)26(17)24-12-23-21(14-37(24)4)27(34-29(33-23)41-16-19-6-5-9-36(19)3)39-11-10-38(15-25(39)31)28(40)18(2)30/h7-8,13,19,24-25H,2,5-6,9-12,14-16,31H2,1,3-4H3,(H,32,35)/t19-,24?,25+/m0/s1. The van der Waals surface area contributed by atoms with Crippen LogP contribution in [-0.4, -0.2) is 99.9 Å². The Morgan fingerprint density at radius 3 is 2.78 bits per heavy atom. The predicted octanol–water partition coefficient (Wildman–Crippen LogP) is 2.28. The van der Waals surface area contributed by atoms with Crippen LogP contribution in [0, 0.1) is 6.92 Å². The third kappa shape index (κ3) is 5.15. The highest BCUT2D eigenvalue weighted by molar-refractivity contribution is 5.90. The first kappa shape index (κ1) is 27.6. The van der Waals surface area contributed by atoms with Gasteiger partial charge in [0.25, 0.3) is 5.91 Å². The number of fused-ring (bicyclic) bond motifs is 2. The molecule has 0 saturated carbocycles. The summed E-state index contributed by atoms with van der Waals surface area (Å²) in [5, 5.41) is 8.50. The van der Waals surface area contributed by atoms with Gasteiger partial charge in [-0.3, -0.25) is 14.8 Å². The Balaban J connectivity index is 1.35. The maximum atomic E-state index is 13.6. The van der Waals surface area contributed by atoms with E-state index in [0.29, 0.717) is 50.5 Å². The van der Waals surface area contributed by atoms with Gasteiger partial charge in [-0.25, -0.2) is 4.39 Å². The van der Waals surface area contributed by atoms with Crippen LogP contribution in [0.15, 0.2) is 30.7 Å². The van der Waals surface area contributed by atoms with Gasteiger partial charge in [-0.2, -0.15) is 15.1 Å². The monoisotopic (exact) mass is 563 g/mol. The third-order valence-electron chi connectivity index (χ3n) is 8.88. The number of H-pyrrole nitrogens is 1. The number of halogens is 1. The Morgan fingerprint density at radius 1 is 1.22 bits per heavy atom. The van der Waals surface area contributed by atoms with Crippen LogP contribution in [0.1, 0.15) is 41.3 Å². The lowest BCUT2D eigenvalue weighted by Crippen LogP contribution is -2.59. The Labute approximate surface area is 239 Å². The number of nitrogens with one attached hydrogen (secondary N) is 1. The van der Waals surface area contributed by atoms with Crippen molar-refractivity contribution in [2.24, 2.45) is 5.73 Å². The predicted molar refractivity (Wildman–Crippen MR) is 154 cm³/mol. The van der Waals surface area contributed by atoms with Gasteiger partial charge in [-0.1, -0.05) is 12.6 Å². The number of likely N-dealkylation sites (N-methyl/N-ethyl adjacent to an activating group) is 2. The Bertz CT molecular complexity index is 1480. The number of carbonyl (C=O) groups is 1. The number of hydrogen-bond donors (Lipinski definition) is 2.